The third-order valence-corrected chi connectivity index (χ3v) is 4.02. The number of carbonyl (C=O) groups excluding carboxylic acids is 1. The highest BCUT2D eigenvalue weighted by Crippen LogP contribution is 2.32. The van der Waals surface area contributed by atoms with E-state index in [1.807, 2.05) is 37.3 Å². The molecular formula is C22H20N4O5. The number of hydrogen-bond acceptors (Lipinski definition) is 7. The molecule has 0 saturated heterocycles. The van der Waals surface area contributed by atoms with Crippen LogP contribution in [0, 0.1) is 10.1 Å². The van der Waals surface area contributed by atoms with Crippen molar-refractivity contribution in [1.29, 1.82) is 0 Å². The van der Waals surface area contributed by atoms with Crippen LogP contribution >= 0.6 is 0 Å². The fourth-order valence-electron chi connectivity index (χ4n) is 2.61. The molecule has 1 heterocycles. The zero-order chi connectivity index (χ0) is 22.1. The fraction of sp³-hybridized carbons (Fsp3) is 0.136. The maximum Gasteiger partial charge on any atom is 0.287 e. The van der Waals surface area contributed by atoms with Gasteiger partial charge < -0.3 is 9.47 Å². The van der Waals surface area contributed by atoms with Gasteiger partial charge in [0.2, 0.25) is 11.8 Å². The molecule has 9 heteroatoms. The summed E-state index contributed by atoms with van der Waals surface area (Å²) < 4.78 is 11.3. The van der Waals surface area contributed by atoms with E-state index in [1.54, 1.807) is 18.2 Å². The zero-order valence-electron chi connectivity index (χ0n) is 16.7. The van der Waals surface area contributed by atoms with E-state index in [-0.39, 0.29) is 23.9 Å². The van der Waals surface area contributed by atoms with Crippen molar-refractivity contribution < 1.29 is 19.2 Å². The second kappa shape index (κ2) is 10.5. The number of rotatable bonds is 9. The van der Waals surface area contributed by atoms with Crippen molar-refractivity contribution in [2.45, 2.75) is 13.3 Å². The topological polar surface area (TPSA) is 116 Å². The standard InChI is InChI=1S/C22H20N4O5/c1-2-30-20-12-17(14-24-25-21(27)13-16-6-4-3-5-7-16)8-10-19(20)31-22-11-9-18(15-23-22)26(28)29/h3-12,14-15H,2,13H2,1H3,(H,25,27)/b24-14+. The number of ether oxygens (including phenoxy) is 2. The lowest BCUT2D eigenvalue weighted by Gasteiger charge is -2.11. The van der Waals surface area contributed by atoms with Crippen molar-refractivity contribution in [1.82, 2.24) is 10.4 Å². The summed E-state index contributed by atoms with van der Waals surface area (Å²) in [5.41, 5.74) is 3.95. The Hall–Kier alpha value is -4.27. The summed E-state index contributed by atoms with van der Waals surface area (Å²) in [4.78, 5) is 26.1. The molecule has 0 bridgehead atoms. The van der Waals surface area contributed by atoms with E-state index in [0.717, 1.165) is 11.8 Å². The van der Waals surface area contributed by atoms with Gasteiger partial charge in [-0.1, -0.05) is 30.3 Å². The Balaban J connectivity index is 1.65. The van der Waals surface area contributed by atoms with Crippen molar-refractivity contribution in [3.05, 3.63) is 88.1 Å². The van der Waals surface area contributed by atoms with Gasteiger partial charge in [-0.05, 0) is 36.2 Å². The number of aromatic nitrogens is 1. The number of benzene rings is 2. The highest BCUT2D eigenvalue weighted by atomic mass is 16.6. The van der Waals surface area contributed by atoms with Crippen LogP contribution in [0.2, 0.25) is 0 Å². The molecule has 1 amide bonds. The maximum absolute atomic E-state index is 12.0. The van der Waals surface area contributed by atoms with E-state index in [0.29, 0.717) is 23.7 Å². The number of nitrogens with one attached hydrogen (secondary N) is 1. The molecular weight excluding hydrogens is 400 g/mol. The first kappa shape index (κ1) is 21.4. The molecule has 0 atom stereocenters. The predicted molar refractivity (Wildman–Crippen MR) is 114 cm³/mol. The summed E-state index contributed by atoms with van der Waals surface area (Å²) in [5.74, 6) is 0.813. The Morgan fingerprint density at radius 3 is 2.65 bits per heavy atom. The Kier molecular flexibility index (Phi) is 7.26. The minimum Gasteiger partial charge on any atom is -0.490 e. The van der Waals surface area contributed by atoms with E-state index in [4.69, 9.17) is 9.47 Å². The fourth-order valence-corrected chi connectivity index (χ4v) is 2.61. The molecule has 0 unspecified atom stereocenters. The molecule has 31 heavy (non-hydrogen) atoms. The molecule has 9 nitrogen and oxygen atoms in total. The van der Waals surface area contributed by atoms with Crippen molar-refractivity contribution in [3.63, 3.8) is 0 Å². The summed E-state index contributed by atoms with van der Waals surface area (Å²) in [6.07, 6.45) is 2.85. The van der Waals surface area contributed by atoms with Crippen LogP contribution in [-0.4, -0.2) is 28.6 Å². The lowest BCUT2D eigenvalue weighted by atomic mass is 10.1. The van der Waals surface area contributed by atoms with E-state index in [1.165, 1.54) is 18.3 Å². The van der Waals surface area contributed by atoms with Crippen LogP contribution in [-0.2, 0) is 11.2 Å². The SMILES string of the molecule is CCOc1cc(/C=N/NC(=O)Cc2ccccc2)ccc1Oc1ccc([N+](=O)[O-])cn1. The van der Waals surface area contributed by atoms with Gasteiger partial charge in [-0.15, -0.1) is 0 Å². The first-order chi connectivity index (χ1) is 15.0. The van der Waals surface area contributed by atoms with Gasteiger partial charge in [0.05, 0.1) is 24.2 Å². The van der Waals surface area contributed by atoms with Gasteiger partial charge in [0.15, 0.2) is 11.5 Å². The van der Waals surface area contributed by atoms with Gasteiger partial charge in [0.25, 0.3) is 5.69 Å². The number of amides is 1. The molecule has 0 aliphatic heterocycles. The van der Waals surface area contributed by atoms with Crippen LogP contribution in [0.4, 0.5) is 5.69 Å². The highest BCUT2D eigenvalue weighted by Gasteiger charge is 2.10. The molecule has 0 aliphatic carbocycles. The zero-order valence-corrected chi connectivity index (χ0v) is 16.7. The lowest BCUT2D eigenvalue weighted by Crippen LogP contribution is -2.19. The second-order valence-corrected chi connectivity index (χ2v) is 6.31. The largest absolute Gasteiger partial charge is 0.490 e. The molecule has 0 saturated carbocycles. The molecule has 0 aliphatic rings. The Morgan fingerprint density at radius 1 is 1.16 bits per heavy atom. The van der Waals surface area contributed by atoms with Gasteiger partial charge in [0, 0.05) is 12.1 Å². The molecule has 3 aromatic rings. The summed E-state index contributed by atoms with van der Waals surface area (Å²) in [7, 11) is 0. The van der Waals surface area contributed by atoms with Gasteiger partial charge in [-0.3, -0.25) is 14.9 Å². The maximum atomic E-state index is 12.0. The summed E-state index contributed by atoms with van der Waals surface area (Å²) in [6, 6.07) is 17.2. The van der Waals surface area contributed by atoms with Crippen molar-refractivity contribution >= 4 is 17.8 Å². The number of hydrazone groups is 1. The molecule has 0 fully saturated rings. The van der Waals surface area contributed by atoms with Crippen LogP contribution in [0.3, 0.4) is 0 Å². The normalized spacial score (nSPS) is 10.6. The van der Waals surface area contributed by atoms with Crippen LogP contribution < -0.4 is 14.9 Å². The average molecular weight is 420 g/mol. The first-order valence-corrected chi connectivity index (χ1v) is 9.46. The first-order valence-electron chi connectivity index (χ1n) is 9.46. The molecule has 0 radical (unpaired) electrons. The Bertz CT molecular complexity index is 1070. The van der Waals surface area contributed by atoms with E-state index in [9.17, 15) is 14.9 Å². The molecule has 158 valence electrons. The average Bonchev–Trinajstić information content (AvgIpc) is 2.77. The van der Waals surface area contributed by atoms with Gasteiger partial charge in [-0.2, -0.15) is 5.10 Å². The van der Waals surface area contributed by atoms with E-state index >= 15 is 0 Å². The molecule has 2 aromatic carbocycles. The molecule has 0 spiro atoms. The minimum atomic E-state index is -0.533. The van der Waals surface area contributed by atoms with Crippen LogP contribution in [0.15, 0.2) is 72.0 Å². The number of nitrogens with zero attached hydrogens (tertiary/aromatic N) is 3. The third kappa shape index (κ3) is 6.36. The number of nitro groups is 1. The number of pyridine rings is 1. The Labute approximate surface area is 178 Å². The molecule has 1 aromatic heterocycles. The molecule has 3 rings (SSSR count). The lowest BCUT2D eigenvalue weighted by molar-refractivity contribution is -0.385. The monoisotopic (exact) mass is 420 g/mol. The van der Waals surface area contributed by atoms with Crippen LogP contribution in [0.5, 0.6) is 17.4 Å². The number of carbonyl (C=O) groups is 1. The van der Waals surface area contributed by atoms with Crippen LogP contribution in [0.1, 0.15) is 18.1 Å². The smallest absolute Gasteiger partial charge is 0.287 e. The van der Waals surface area contributed by atoms with Gasteiger partial charge in [-0.25, -0.2) is 10.4 Å². The third-order valence-electron chi connectivity index (χ3n) is 4.02. The van der Waals surface area contributed by atoms with Gasteiger partial charge in [0.1, 0.15) is 6.20 Å². The molecule has 1 N–H and O–H groups in total. The quantitative estimate of drug-likeness (QED) is 0.319. The van der Waals surface area contributed by atoms with E-state index in [2.05, 4.69) is 15.5 Å². The predicted octanol–water partition coefficient (Wildman–Crippen LogP) is 3.87. The summed E-state index contributed by atoms with van der Waals surface area (Å²) >= 11 is 0. The summed E-state index contributed by atoms with van der Waals surface area (Å²) in [5, 5.41) is 14.7. The van der Waals surface area contributed by atoms with Crippen molar-refractivity contribution in [2.75, 3.05) is 6.61 Å². The minimum absolute atomic E-state index is 0.127. The summed E-state index contributed by atoms with van der Waals surface area (Å²) in [6.45, 7) is 2.23. The van der Waals surface area contributed by atoms with Gasteiger partial charge >= 0.3 is 0 Å². The van der Waals surface area contributed by atoms with E-state index < -0.39 is 4.92 Å². The van der Waals surface area contributed by atoms with Crippen molar-refractivity contribution in [3.8, 4) is 17.4 Å². The highest BCUT2D eigenvalue weighted by molar-refractivity contribution is 5.84. The van der Waals surface area contributed by atoms with Crippen LogP contribution in [0.25, 0.3) is 0 Å². The van der Waals surface area contributed by atoms with Crippen molar-refractivity contribution in [2.24, 2.45) is 5.10 Å². The second-order valence-electron chi connectivity index (χ2n) is 6.31. The Morgan fingerprint density at radius 2 is 1.97 bits per heavy atom. The number of hydrogen-bond donors (Lipinski definition) is 1.